The van der Waals surface area contributed by atoms with E-state index in [1.807, 2.05) is 0 Å². The van der Waals surface area contributed by atoms with Crippen LogP contribution in [0.3, 0.4) is 0 Å². The van der Waals surface area contributed by atoms with Crippen LogP contribution >= 0.6 is 0 Å². The molecular formula is C12H10F2N4O3. The summed E-state index contributed by atoms with van der Waals surface area (Å²) in [4.78, 5) is 14.0. The van der Waals surface area contributed by atoms with E-state index in [-0.39, 0.29) is 11.5 Å². The highest BCUT2D eigenvalue weighted by atomic mass is 19.2. The van der Waals surface area contributed by atoms with Crippen LogP contribution in [0.1, 0.15) is 18.7 Å². The Morgan fingerprint density at radius 1 is 1.38 bits per heavy atom. The van der Waals surface area contributed by atoms with Crippen molar-refractivity contribution >= 4 is 5.69 Å². The summed E-state index contributed by atoms with van der Waals surface area (Å²) < 4.78 is 31.3. The molecule has 21 heavy (non-hydrogen) atoms. The Hall–Kier alpha value is -2.42. The number of rotatable bonds is 5. The molecule has 110 valence electrons. The molecule has 1 aliphatic carbocycles. The van der Waals surface area contributed by atoms with Crippen molar-refractivity contribution in [2.75, 3.05) is 0 Å². The zero-order valence-electron chi connectivity index (χ0n) is 10.7. The summed E-state index contributed by atoms with van der Waals surface area (Å²) in [6.07, 6.45) is 2.17. The lowest BCUT2D eigenvalue weighted by atomic mass is 10.1. The molecule has 1 fully saturated rings. The molecule has 0 unspecified atom stereocenters. The fourth-order valence-electron chi connectivity index (χ4n) is 1.82. The van der Waals surface area contributed by atoms with Gasteiger partial charge in [-0.1, -0.05) is 5.16 Å². The number of benzene rings is 1. The number of halogens is 2. The van der Waals surface area contributed by atoms with E-state index >= 15 is 0 Å². The van der Waals surface area contributed by atoms with Crippen LogP contribution in [0.15, 0.2) is 16.7 Å². The average Bonchev–Trinajstić information content (AvgIpc) is 3.16. The van der Waals surface area contributed by atoms with Gasteiger partial charge in [0, 0.05) is 6.04 Å². The fourth-order valence-corrected chi connectivity index (χ4v) is 1.82. The quantitative estimate of drug-likeness (QED) is 0.671. The Bertz CT molecular complexity index is 700. The summed E-state index contributed by atoms with van der Waals surface area (Å²) in [7, 11) is 0. The van der Waals surface area contributed by atoms with Crippen molar-refractivity contribution in [1.82, 2.24) is 15.5 Å². The number of hydrogen-bond donors (Lipinski definition) is 1. The van der Waals surface area contributed by atoms with Gasteiger partial charge in [-0.25, -0.2) is 8.78 Å². The first kappa shape index (κ1) is 13.6. The number of nitrogens with one attached hydrogen (secondary N) is 1. The first-order valence-electron chi connectivity index (χ1n) is 6.24. The molecule has 1 N–H and O–H groups in total. The van der Waals surface area contributed by atoms with Crippen molar-refractivity contribution in [3.05, 3.63) is 39.7 Å². The summed E-state index contributed by atoms with van der Waals surface area (Å²) >= 11 is 0. The molecule has 0 aliphatic heterocycles. The molecule has 1 aromatic carbocycles. The number of aromatic nitrogens is 2. The van der Waals surface area contributed by atoms with E-state index in [1.165, 1.54) is 0 Å². The van der Waals surface area contributed by atoms with Gasteiger partial charge in [0.15, 0.2) is 17.5 Å². The third-order valence-electron chi connectivity index (χ3n) is 3.06. The zero-order chi connectivity index (χ0) is 15.0. The van der Waals surface area contributed by atoms with Crippen molar-refractivity contribution in [3.8, 4) is 11.5 Å². The highest BCUT2D eigenvalue weighted by Crippen LogP contribution is 2.30. The van der Waals surface area contributed by atoms with Gasteiger partial charge >= 0.3 is 0 Å². The van der Waals surface area contributed by atoms with Crippen LogP contribution < -0.4 is 5.32 Å². The van der Waals surface area contributed by atoms with Gasteiger partial charge in [-0.3, -0.25) is 10.1 Å². The molecule has 2 aromatic rings. The number of nitrogens with zero attached hydrogens (tertiary/aromatic N) is 3. The van der Waals surface area contributed by atoms with E-state index in [0.29, 0.717) is 30.5 Å². The van der Waals surface area contributed by atoms with Gasteiger partial charge in [-0.05, 0) is 18.9 Å². The maximum absolute atomic E-state index is 13.3. The van der Waals surface area contributed by atoms with Crippen LogP contribution in [0, 0.1) is 21.7 Å². The van der Waals surface area contributed by atoms with Gasteiger partial charge in [0.05, 0.1) is 17.5 Å². The first-order valence-corrected chi connectivity index (χ1v) is 6.24. The lowest BCUT2D eigenvalue weighted by molar-refractivity contribution is -0.384. The Kier molecular flexibility index (Phi) is 3.34. The molecule has 0 spiro atoms. The van der Waals surface area contributed by atoms with Crippen molar-refractivity contribution in [1.29, 1.82) is 0 Å². The average molecular weight is 296 g/mol. The number of hydrogen-bond acceptors (Lipinski definition) is 6. The van der Waals surface area contributed by atoms with Gasteiger partial charge in [-0.15, -0.1) is 0 Å². The van der Waals surface area contributed by atoms with E-state index in [2.05, 4.69) is 15.5 Å². The van der Waals surface area contributed by atoms with Crippen LogP contribution in [0.5, 0.6) is 0 Å². The predicted molar refractivity (Wildman–Crippen MR) is 66.2 cm³/mol. The minimum atomic E-state index is -1.31. The largest absolute Gasteiger partial charge is 0.334 e. The standard InChI is InChI=1S/C12H10F2N4O3/c13-8-3-7(10(18(19)20)4-9(8)14)12-16-11(17-21-12)5-15-6-1-2-6/h3-4,6,15H,1-2,5H2. The summed E-state index contributed by atoms with van der Waals surface area (Å²) in [5.74, 6) is -2.43. The molecule has 3 rings (SSSR count). The van der Waals surface area contributed by atoms with Gasteiger partial charge in [0.1, 0.15) is 5.56 Å². The van der Waals surface area contributed by atoms with E-state index in [9.17, 15) is 18.9 Å². The lowest BCUT2D eigenvalue weighted by Gasteiger charge is -1.99. The first-order chi connectivity index (χ1) is 10.0. The second-order valence-electron chi connectivity index (χ2n) is 4.71. The molecule has 9 heteroatoms. The Balaban J connectivity index is 1.91. The second-order valence-corrected chi connectivity index (χ2v) is 4.71. The summed E-state index contributed by atoms with van der Waals surface area (Å²) in [5, 5.41) is 17.7. The fraction of sp³-hybridized carbons (Fsp3) is 0.333. The molecule has 0 amide bonds. The topological polar surface area (TPSA) is 94.1 Å². The van der Waals surface area contributed by atoms with Crippen LogP contribution in [0.2, 0.25) is 0 Å². The van der Waals surface area contributed by atoms with Gasteiger partial charge in [-0.2, -0.15) is 4.98 Å². The van der Waals surface area contributed by atoms with Gasteiger partial charge in [0.25, 0.3) is 11.6 Å². The van der Waals surface area contributed by atoms with Crippen molar-refractivity contribution in [2.24, 2.45) is 0 Å². The highest BCUT2D eigenvalue weighted by molar-refractivity contribution is 5.66. The molecule has 0 saturated heterocycles. The monoisotopic (exact) mass is 296 g/mol. The highest BCUT2D eigenvalue weighted by Gasteiger charge is 2.25. The second kappa shape index (κ2) is 5.17. The number of nitro benzene ring substituents is 1. The molecule has 0 radical (unpaired) electrons. The smallest absolute Gasteiger partial charge is 0.285 e. The predicted octanol–water partition coefficient (Wildman–Crippen LogP) is 2.17. The molecule has 0 bridgehead atoms. The molecule has 0 atom stereocenters. The van der Waals surface area contributed by atoms with Crippen LogP contribution in [0.25, 0.3) is 11.5 Å². The summed E-state index contributed by atoms with van der Waals surface area (Å²) in [6.45, 7) is 0.353. The van der Waals surface area contributed by atoms with Crippen LogP contribution in [-0.2, 0) is 6.54 Å². The Morgan fingerprint density at radius 2 is 2.10 bits per heavy atom. The Morgan fingerprint density at radius 3 is 2.76 bits per heavy atom. The summed E-state index contributed by atoms with van der Waals surface area (Å²) in [6, 6.07) is 1.61. The normalized spacial score (nSPS) is 14.4. The molecule has 1 saturated carbocycles. The van der Waals surface area contributed by atoms with E-state index in [4.69, 9.17) is 4.52 Å². The van der Waals surface area contributed by atoms with E-state index < -0.39 is 22.2 Å². The molecule has 1 heterocycles. The van der Waals surface area contributed by atoms with Crippen LogP contribution in [0.4, 0.5) is 14.5 Å². The van der Waals surface area contributed by atoms with Crippen molar-refractivity contribution < 1.29 is 18.2 Å². The molecule has 1 aliphatic rings. The minimum absolute atomic E-state index is 0.215. The van der Waals surface area contributed by atoms with Crippen LogP contribution in [-0.4, -0.2) is 21.1 Å². The maximum atomic E-state index is 13.3. The Labute approximate surface area is 117 Å². The SMILES string of the molecule is O=[N+]([O-])c1cc(F)c(F)cc1-c1nc(CNC2CC2)no1. The van der Waals surface area contributed by atoms with Crippen molar-refractivity contribution in [3.63, 3.8) is 0 Å². The van der Waals surface area contributed by atoms with Gasteiger partial charge < -0.3 is 9.84 Å². The zero-order valence-corrected chi connectivity index (χ0v) is 10.7. The summed E-state index contributed by atoms with van der Waals surface area (Å²) in [5.41, 5.74) is -0.872. The molecule has 1 aromatic heterocycles. The number of nitro groups is 1. The van der Waals surface area contributed by atoms with Crippen molar-refractivity contribution in [2.45, 2.75) is 25.4 Å². The minimum Gasteiger partial charge on any atom is -0.334 e. The maximum Gasteiger partial charge on any atom is 0.285 e. The van der Waals surface area contributed by atoms with E-state index in [1.54, 1.807) is 0 Å². The lowest BCUT2D eigenvalue weighted by Crippen LogP contribution is -2.16. The molecular weight excluding hydrogens is 286 g/mol. The van der Waals surface area contributed by atoms with E-state index in [0.717, 1.165) is 12.8 Å². The third kappa shape index (κ3) is 2.87. The van der Waals surface area contributed by atoms with Gasteiger partial charge in [0.2, 0.25) is 0 Å². The third-order valence-corrected chi connectivity index (χ3v) is 3.06. The molecule has 7 nitrogen and oxygen atoms in total.